The normalized spacial score (nSPS) is 12.8. The SMILES string of the molecule is Cc1ccc(NC(=O)COC(=O)c2sc3nc4n(c(=O)c3c2C)CCC4)c(F)c1. The minimum Gasteiger partial charge on any atom is -0.451 e. The first-order valence-corrected chi connectivity index (χ1v) is 9.92. The quantitative estimate of drug-likeness (QED) is 0.662. The molecular weight excluding hydrogens is 397 g/mol. The topological polar surface area (TPSA) is 90.3 Å². The lowest BCUT2D eigenvalue weighted by molar-refractivity contribution is -0.119. The van der Waals surface area contributed by atoms with Crippen LogP contribution >= 0.6 is 11.3 Å². The second-order valence-electron chi connectivity index (χ2n) is 6.93. The highest BCUT2D eigenvalue weighted by atomic mass is 32.1. The summed E-state index contributed by atoms with van der Waals surface area (Å²) in [4.78, 5) is 42.4. The number of amides is 1. The maximum atomic E-state index is 13.8. The highest BCUT2D eigenvalue weighted by molar-refractivity contribution is 7.20. The van der Waals surface area contributed by atoms with Crippen LogP contribution in [0.25, 0.3) is 10.2 Å². The Balaban J connectivity index is 1.49. The van der Waals surface area contributed by atoms with Gasteiger partial charge in [0.25, 0.3) is 11.5 Å². The number of thiophene rings is 1. The van der Waals surface area contributed by atoms with Gasteiger partial charge in [0.2, 0.25) is 0 Å². The number of carbonyl (C=O) groups is 2. The van der Waals surface area contributed by atoms with Gasteiger partial charge < -0.3 is 10.1 Å². The summed E-state index contributed by atoms with van der Waals surface area (Å²) in [6, 6.07) is 4.40. The maximum Gasteiger partial charge on any atom is 0.349 e. The average Bonchev–Trinajstić information content (AvgIpc) is 3.27. The van der Waals surface area contributed by atoms with E-state index in [4.69, 9.17) is 4.74 Å². The number of benzene rings is 1. The summed E-state index contributed by atoms with van der Waals surface area (Å²) in [5.74, 6) is -1.21. The molecule has 7 nitrogen and oxygen atoms in total. The fourth-order valence-corrected chi connectivity index (χ4v) is 4.46. The molecule has 29 heavy (non-hydrogen) atoms. The van der Waals surface area contributed by atoms with E-state index < -0.39 is 24.3 Å². The van der Waals surface area contributed by atoms with Gasteiger partial charge in [-0.3, -0.25) is 14.2 Å². The van der Waals surface area contributed by atoms with Gasteiger partial charge in [-0.05, 0) is 43.5 Å². The maximum absolute atomic E-state index is 13.8. The summed E-state index contributed by atoms with van der Waals surface area (Å²) in [7, 11) is 0. The molecule has 4 rings (SSSR count). The zero-order chi connectivity index (χ0) is 20.7. The van der Waals surface area contributed by atoms with Crippen LogP contribution in [0.5, 0.6) is 0 Å². The molecule has 0 spiro atoms. The molecular formula is C20H18FN3O4S. The third-order valence-corrected chi connectivity index (χ3v) is 6.00. The van der Waals surface area contributed by atoms with Crippen molar-refractivity contribution >= 4 is 39.1 Å². The molecule has 0 saturated carbocycles. The molecule has 3 aromatic rings. The monoisotopic (exact) mass is 415 g/mol. The van der Waals surface area contributed by atoms with Crippen LogP contribution in [0.3, 0.4) is 0 Å². The van der Waals surface area contributed by atoms with Crippen molar-refractivity contribution in [3.63, 3.8) is 0 Å². The molecule has 3 heterocycles. The van der Waals surface area contributed by atoms with Crippen LogP contribution < -0.4 is 10.9 Å². The van der Waals surface area contributed by atoms with Crippen LogP contribution in [0.2, 0.25) is 0 Å². The fraction of sp³-hybridized carbons (Fsp3) is 0.300. The van der Waals surface area contributed by atoms with Gasteiger partial charge in [-0.2, -0.15) is 0 Å². The lowest BCUT2D eigenvalue weighted by Crippen LogP contribution is -2.22. The van der Waals surface area contributed by atoms with Crippen molar-refractivity contribution in [2.24, 2.45) is 0 Å². The van der Waals surface area contributed by atoms with E-state index in [1.165, 1.54) is 12.1 Å². The average molecular weight is 415 g/mol. The standard InChI is InChI=1S/C20H18FN3O4S/c1-10-5-6-13(12(21)8-10)22-15(25)9-28-20(27)17-11(2)16-18(29-17)23-14-4-3-7-24(14)19(16)26/h5-6,8H,3-4,7,9H2,1-2H3,(H,22,25). The number of nitrogens with zero attached hydrogens (tertiary/aromatic N) is 2. The van der Waals surface area contributed by atoms with Crippen molar-refractivity contribution in [2.45, 2.75) is 33.2 Å². The minimum atomic E-state index is -0.713. The van der Waals surface area contributed by atoms with E-state index in [-0.39, 0.29) is 16.1 Å². The summed E-state index contributed by atoms with van der Waals surface area (Å²) in [6.07, 6.45) is 1.61. The Kier molecular flexibility index (Phi) is 4.91. The summed E-state index contributed by atoms with van der Waals surface area (Å²) >= 11 is 1.08. The van der Waals surface area contributed by atoms with Crippen LogP contribution in [0, 0.1) is 19.7 Å². The van der Waals surface area contributed by atoms with Gasteiger partial charge >= 0.3 is 5.97 Å². The molecule has 1 N–H and O–H groups in total. The number of hydrogen-bond donors (Lipinski definition) is 1. The van der Waals surface area contributed by atoms with E-state index >= 15 is 0 Å². The fourth-order valence-electron chi connectivity index (χ4n) is 3.37. The van der Waals surface area contributed by atoms with Crippen LogP contribution in [0.1, 0.15) is 33.0 Å². The Bertz CT molecular complexity index is 1210. The second-order valence-corrected chi connectivity index (χ2v) is 7.93. The first kappa shape index (κ1) is 19.3. The molecule has 0 bridgehead atoms. The Morgan fingerprint density at radius 1 is 1.34 bits per heavy atom. The Morgan fingerprint density at radius 2 is 2.14 bits per heavy atom. The number of esters is 1. The highest BCUT2D eigenvalue weighted by Gasteiger charge is 2.24. The summed E-state index contributed by atoms with van der Waals surface area (Å²) in [5, 5.41) is 2.79. The molecule has 0 fully saturated rings. The zero-order valence-corrected chi connectivity index (χ0v) is 16.7. The molecule has 1 aromatic carbocycles. The molecule has 2 aromatic heterocycles. The van der Waals surface area contributed by atoms with Crippen LogP contribution in [-0.4, -0.2) is 28.0 Å². The number of hydrogen-bond acceptors (Lipinski definition) is 6. The van der Waals surface area contributed by atoms with E-state index in [0.29, 0.717) is 22.3 Å². The molecule has 9 heteroatoms. The number of aromatic nitrogens is 2. The number of rotatable bonds is 4. The van der Waals surface area contributed by atoms with Crippen molar-refractivity contribution < 1.29 is 18.7 Å². The van der Waals surface area contributed by atoms with Gasteiger partial charge in [0, 0.05) is 13.0 Å². The highest BCUT2D eigenvalue weighted by Crippen LogP contribution is 2.29. The Labute approximate surface area is 169 Å². The molecule has 150 valence electrons. The van der Waals surface area contributed by atoms with E-state index in [1.54, 1.807) is 24.5 Å². The van der Waals surface area contributed by atoms with E-state index in [1.807, 2.05) is 0 Å². The smallest absolute Gasteiger partial charge is 0.349 e. The van der Waals surface area contributed by atoms with Crippen LogP contribution in [0.4, 0.5) is 10.1 Å². The largest absolute Gasteiger partial charge is 0.451 e. The van der Waals surface area contributed by atoms with E-state index in [0.717, 1.165) is 35.6 Å². The number of nitrogens with one attached hydrogen (secondary N) is 1. The van der Waals surface area contributed by atoms with Gasteiger partial charge in [-0.1, -0.05) is 6.07 Å². The van der Waals surface area contributed by atoms with E-state index in [2.05, 4.69) is 10.3 Å². The van der Waals surface area contributed by atoms with Gasteiger partial charge in [-0.15, -0.1) is 11.3 Å². The molecule has 1 aliphatic heterocycles. The number of aryl methyl sites for hydroxylation is 3. The predicted octanol–water partition coefficient (Wildman–Crippen LogP) is 2.96. The minimum absolute atomic E-state index is 0.0152. The molecule has 0 atom stereocenters. The summed E-state index contributed by atoms with van der Waals surface area (Å²) in [6.45, 7) is 3.46. The predicted molar refractivity (Wildman–Crippen MR) is 107 cm³/mol. The van der Waals surface area contributed by atoms with Crippen molar-refractivity contribution in [2.75, 3.05) is 11.9 Å². The van der Waals surface area contributed by atoms with E-state index in [9.17, 15) is 18.8 Å². The zero-order valence-electron chi connectivity index (χ0n) is 15.9. The Morgan fingerprint density at radius 3 is 2.90 bits per heavy atom. The second kappa shape index (κ2) is 7.40. The third kappa shape index (κ3) is 3.53. The molecule has 1 amide bonds. The molecule has 0 saturated heterocycles. The lowest BCUT2D eigenvalue weighted by Gasteiger charge is -2.07. The number of carbonyl (C=O) groups excluding carboxylic acids is 2. The number of anilines is 1. The van der Waals surface area contributed by atoms with Crippen LogP contribution in [0.15, 0.2) is 23.0 Å². The van der Waals surface area contributed by atoms with Crippen molar-refractivity contribution in [1.82, 2.24) is 9.55 Å². The Hall–Kier alpha value is -3.07. The van der Waals surface area contributed by atoms with Gasteiger partial charge in [0.05, 0.1) is 11.1 Å². The summed E-state index contributed by atoms with van der Waals surface area (Å²) < 4.78 is 20.5. The first-order valence-electron chi connectivity index (χ1n) is 9.11. The number of halogens is 1. The van der Waals surface area contributed by atoms with Crippen molar-refractivity contribution in [3.05, 3.63) is 56.2 Å². The number of fused-ring (bicyclic) bond motifs is 2. The van der Waals surface area contributed by atoms with Crippen LogP contribution in [-0.2, 0) is 22.5 Å². The molecule has 0 unspecified atom stereocenters. The van der Waals surface area contributed by atoms with Gasteiger partial charge in [-0.25, -0.2) is 14.2 Å². The van der Waals surface area contributed by atoms with Gasteiger partial charge in [0.15, 0.2) is 6.61 Å². The number of ether oxygens (including phenoxy) is 1. The van der Waals surface area contributed by atoms with Crippen molar-refractivity contribution in [1.29, 1.82) is 0 Å². The first-order chi connectivity index (χ1) is 13.8. The van der Waals surface area contributed by atoms with Crippen molar-refractivity contribution in [3.8, 4) is 0 Å². The van der Waals surface area contributed by atoms with Gasteiger partial charge in [0.1, 0.15) is 21.3 Å². The molecule has 0 aliphatic carbocycles. The molecule has 0 radical (unpaired) electrons. The lowest BCUT2D eigenvalue weighted by atomic mass is 10.2. The molecule has 1 aliphatic rings. The third-order valence-electron chi connectivity index (χ3n) is 4.83. The summed E-state index contributed by atoms with van der Waals surface area (Å²) in [5.41, 5.74) is 1.09.